The molecule has 0 amide bonds. The smallest absolute Gasteiger partial charge is 0.315 e. The van der Waals surface area contributed by atoms with Crippen molar-refractivity contribution in [1.29, 1.82) is 0 Å². The molecule has 2 heterocycles. The van der Waals surface area contributed by atoms with Crippen LogP contribution in [0.2, 0.25) is 0 Å². The Bertz CT molecular complexity index is 1240. The maximum atomic E-state index is 12.0. The zero-order chi connectivity index (χ0) is 22.5. The minimum absolute atomic E-state index is 0.102. The maximum Gasteiger partial charge on any atom is 0.315 e. The van der Waals surface area contributed by atoms with Gasteiger partial charge in [0.1, 0.15) is 5.75 Å². The van der Waals surface area contributed by atoms with Crippen LogP contribution in [0.25, 0.3) is 6.08 Å². The summed E-state index contributed by atoms with van der Waals surface area (Å²) in [5, 5.41) is 12.0. The molecule has 0 radical (unpaired) electrons. The Morgan fingerprint density at radius 3 is 2.50 bits per heavy atom. The van der Waals surface area contributed by atoms with E-state index in [9.17, 15) is 10.1 Å². The first-order valence-electron chi connectivity index (χ1n) is 10.7. The van der Waals surface area contributed by atoms with Crippen molar-refractivity contribution < 1.29 is 14.4 Å². The van der Waals surface area contributed by atoms with E-state index in [4.69, 9.17) is 9.47 Å². The number of anilines is 2. The summed E-state index contributed by atoms with van der Waals surface area (Å²) < 4.78 is 12.3. The van der Waals surface area contributed by atoms with Gasteiger partial charge in [-0.05, 0) is 62.8 Å². The quantitative estimate of drug-likeness (QED) is 0.364. The van der Waals surface area contributed by atoms with Crippen molar-refractivity contribution in [1.82, 2.24) is 0 Å². The van der Waals surface area contributed by atoms with Crippen molar-refractivity contribution in [2.75, 3.05) is 11.5 Å². The summed E-state index contributed by atoms with van der Waals surface area (Å²) in [5.41, 5.74) is 2.13. The average molecular weight is 428 g/mol. The fourth-order valence-corrected chi connectivity index (χ4v) is 4.83. The lowest BCUT2D eigenvalue weighted by Gasteiger charge is -2.46. The van der Waals surface area contributed by atoms with Gasteiger partial charge in [-0.3, -0.25) is 15.0 Å². The molecular formula is C26H24N2O4. The van der Waals surface area contributed by atoms with Gasteiger partial charge in [-0.25, -0.2) is 0 Å². The van der Waals surface area contributed by atoms with Crippen LogP contribution < -0.4 is 14.4 Å². The van der Waals surface area contributed by atoms with Crippen LogP contribution in [0.1, 0.15) is 31.9 Å². The molecule has 2 aliphatic rings. The highest BCUT2D eigenvalue weighted by Gasteiger charge is 2.60. The van der Waals surface area contributed by atoms with E-state index in [0.29, 0.717) is 17.9 Å². The lowest BCUT2D eigenvalue weighted by atomic mass is 9.76. The van der Waals surface area contributed by atoms with Crippen molar-refractivity contribution in [2.45, 2.75) is 31.9 Å². The zero-order valence-electron chi connectivity index (χ0n) is 18.2. The number of benzene rings is 3. The third-order valence-corrected chi connectivity index (χ3v) is 6.39. The first-order chi connectivity index (χ1) is 15.4. The van der Waals surface area contributed by atoms with E-state index in [-0.39, 0.29) is 11.4 Å². The van der Waals surface area contributed by atoms with Crippen LogP contribution in [0.3, 0.4) is 0 Å². The van der Waals surface area contributed by atoms with Gasteiger partial charge in [0, 0.05) is 16.9 Å². The number of nitro benzene ring substituents is 1. The van der Waals surface area contributed by atoms with E-state index in [0.717, 1.165) is 16.9 Å². The van der Waals surface area contributed by atoms with Crippen molar-refractivity contribution >= 4 is 23.1 Å². The second kappa shape index (κ2) is 7.12. The van der Waals surface area contributed by atoms with E-state index in [1.54, 1.807) is 6.07 Å². The lowest BCUT2D eigenvalue weighted by molar-refractivity contribution is -0.386. The monoisotopic (exact) mass is 428 g/mol. The van der Waals surface area contributed by atoms with Crippen molar-refractivity contribution in [3.8, 4) is 11.5 Å². The minimum Gasteiger partial charge on any atom is -0.494 e. The second-order valence-electron chi connectivity index (χ2n) is 8.50. The average Bonchev–Trinajstić information content (AvgIpc) is 2.98. The molecule has 0 unspecified atom stereocenters. The fraction of sp³-hybridized carbons (Fsp3) is 0.231. The largest absolute Gasteiger partial charge is 0.494 e. The van der Waals surface area contributed by atoms with Crippen LogP contribution in [0.15, 0.2) is 72.8 Å². The number of nitrogens with zero attached hydrogens (tertiary/aromatic N) is 2. The molecule has 1 spiro atoms. The van der Waals surface area contributed by atoms with E-state index in [2.05, 4.69) is 30.9 Å². The molecule has 0 saturated heterocycles. The molecule has 32 heavy (non-hydrogen) atoms. The normalized spacial score (nSPS) is 19.9. The van der Waals surface area contributed by atoms with Gasteiger partial charge in [0.05, 0.1) is 23.0 Å². The summed E-state index contributed by atoms with van der Waals surface area (Å²) in [6.45, 7) is 6.51. The molecule has 3 aromatic rings. The fourth-order valence-electron chi connectivity index (χ4n) is 4.83. The molecular weight excluding hydrogens is 404 g/mol. The van der Waals surface area contributed by atoms with E-state index in [1.807, 2.05) is 61.5 Å². The molecule has 0 aromatic heterocycles. The third kappa shape index (κ3) is 2.72. The zero-order valence-corrected chi connectivity index (χ0v) is 18.2. The molecule has 6 heteroatoms. The standard InChI is InChI=1S/C26H24N2O4/c1-4-31-20-16-18-14-15-26(32-24(18)23(17-20)28(29)30)25(2,3)21-12-8-9-13-22(21)27(26)19-10-6-5-7-11-19/h5-17H,4H2,1-3H3/t26-/m0/s1. The lowest BCUT2D eigenvalue weighted by Crippen LogP contribution is -2.57. The summed E-state index contributed by atoms with van der Waals surface area (Å²) in [6.07, 6.45) is 3.93. The van der Waals surface area contributed by atoms with Gasteiger partial charge in [-0.2, -0.15) is 0 Å². The predicted octanol–water partition coefficient (Wildman–Crippen LogP) is 6.22. The summed E-state index contributed by atoms with van der Waals surface area (Å²) in [6, 6.07) is 21.4. The van der Waals surface area contributed by atoms with Crippen LogP contribution >= 0.6 is 0 Å². The predicted molar refractivity (Wildman–Crippen MR) is 125 cm³/mol. The number of nitro groups is 1. The molecule has 0 fully saturated rings. The summed E-state index contributed by atoms with van der Waals surface area (Å²) in [4.78, 5) is 13.7. The highest BCUT2D eigenvalue weighted by molar-refractivity contribution is 5.81. The number of hydrogen-bond donors (Lipinski definition) is 0. The minimum atomic E-state index is -0.983. The molecule has 162 valence electrons. The number of ether oxygens (including phenoxy) is 2. The Morgan fingerprint density at radius 1 is 1.06 bits per heavy atom. The van der Waals surface area contributed by atoms with Crippen molar-refractivity contribution in [3.63, 3.8) is 0 Å². The SMILES string of the molecule is CCOc1cc2c(c([N+](=O)[O-])c1)O[C@]1(C=C2)N(c2ccccc2)c2ccccc2C1(C)C. The molecule has 1 atom stereocenters. The molecule has 0 saturated carbocycles. The van der Waals surface area contributed by atoms with Gasteiger partial charge >= 0.3 is 5.69 Å². The molecule has 3 aromatic carbocycles. The Hall–Kier alpha value is -3.80. The second-order valence-corrected chi connectivity index (χ2v) is 8.50. The molecule has 6 nitrogen and oxygen atoms in total. The van der Waals surface area contributed by atoms with Crippen LogP contribution in [0, 0.1) is 10.1 Å². The third-order valence-electron chi connectivity index (χ3n) is 6.39. The van der Waals surface area contributed by atoms with Crippen LogP contribution in [0.5, 0.6) is 11.5 Å². The molecule has 5 rings (SSSR count). The van der Waals surface area contributed by atoms with Gasteiger partial charge in [-0.15, -0.1) is 0 Å². The van der Waals surface area contributed by atoms with Gasteiger partial charge in [0.15, 0.2) is 0 Å². The van der Waals surface area contributed by atoms with E-state index in [1.165, 1.54) is 6.07 Å². The van der Waals surface area contributed by atoms with Crippen molar-refractivity contribution in [2.24, 2.45) is 0 Å². The van der Waals surface area contributed by atoms with Crippen LogP contribution in [0.4, 0.5) is 17.1 Å². The van der Waals surface area contributed by atoms with Crippen LogP contribution in [-0.2, 0) is 5.41 Å². The Kier molecular flexibility index (Phi) is 4.48. The van der Waals surface area contributed by atoms with E-state index >= 15 is 0 Å². The molecule has 2 aliphatic heterocycles. The number of hydrogen-bond acceptors (Lipinski definition) is 5. The summed E-state index contributed by atoms with van der Waals surface area (Å²) in [7, 11) is 0. The molecule has 0 N–H and O–H groups in total. The Labute approximate surface area is 186 Å². The van der Waals surface area contributed by atoms with E-state index < -0.39 is 16.1 Å². The number of fused-ring (bicyclic) bond motifs is 2. The highest BCUT2D eigenvalue weighted by Crippen LogP contribution is 2.58. The van der Waals surface area contributed by atoms with Gasteiger partial charge < -0.3 is 9.47 Å². The summed E-state index contributed by atoms with van der Waals surface area (Å²) >= 11 is 0. The first-order valence-corrected chi connectivity index (χ1v) is 10.7. The Morgan fingerprint density at radius 2 is 1.78 bits per heavy atom. The first kappa shape index (κ1) is 20.1. The van der Waals surface area contributed by atoms with Gasteiger partial charge in [0.2, 0.25) is 11.5 Å². The van der Waals surface area contributed by atoms with Crippen molar-refractivity contribution in [3.05, 3.63) is 94.0 Å². The van der Waals surface area contributed by atoms with Gasteiger partial charge in [0.25, 0.3) is 0 Å². The highest BCUT2D eigenvalue weighted by atomic mass is 16.6. The van der Waals surface area contributed by atoms with Crippen LogP contribution in [-0.4, -0.2) is 17.3 Å². The Balaban J connectivity index is 1.75. The number of rotatable bonds is 4. The molecule has 0 aliphatic carbocycles. The topological polar surface area (TPSA) is 64.8 Å². The van der Waals surface area contributed by atoms with Gasteiger partial charge in [-0.1, -0.05) is 36.4 Å². The summed E-state index contributed by atoms with van der Waals surface area (Å²) in [5.74, 6) is 0.707. The molecule has 0 bridgehead atoms. The number of para-hydroxylation sites is 2. The maximum absolute atomic E-state index is 12.0.